The summed E-state index contributed by atoms with van der Waals surface area (Å²) in [7, 11) is 0. The van der Waals surface area contributed by atoms with E-state index in [0.717, 1.165) is 25.3 Å². The van der Waals surface area contributed by atoms with E-state index in [0.29, 0.717) is 6.42 Å². The lowest BCUT2D eigenvalue weighted by molar-refractivity contribution is -0.144. The molecule has 0 saturated carbocycles. The first-order valence-corrected chi connectivity index (χ1v) is 10.9. The van der Waals surface area contributed by atoms with Crippen molar-refractivity contribution in [2.45, 2.75) is 122 Å². The molecule has 0 aromatic rings. The van der Waals surface area contributed by atoms with Crippen molar-refractivity contribution in [2.24, 2.45) is 0 Å². The molecule has 0 aliphatic carbocycles. The fourth-order valence-electron chi connectivity index (χ4n) is 3.26. The van der Waals surface area contributed by atoms with E-state index in [1.165, 1.54) is 77.0 Å². The van der Waals surface area contributed by atoms with Crippen LogP contribution >= 0.6 is 0 Å². The quantitative estimate of drug-likeness (QED) is 0.188. The number of allylic oxidation sites excluding steroid dienone is 1. The van der Waals surface area contributed by atoms with Crippen molar-refractivity contribution in [1.82, 2.24) is 0 Å². The first-order valence-electron chi connectivity index (χ1n) is 10.9. The molecule has 160 valence electrons. The molecule has 0 heterocycles. The van der Waals surface area contributed by atoms with Gasteiger partial charge in [-0.25, -0.2) is 4.79 Å². The summed E-state index contributed by atoms with van der Waals surface area (Å²) in [6.07, 6.45) is 15.8. The molecule has 0 aromatic carbocycles. The Balaban J connectivity index is 3.37. The van der Waals surface area contributed by atoms with E-state index in [9.17, 15) is 18.0 Å². The predicted molar refractivity (Wildman–Crippen MR) is 106 cm³/mol. The van der Waals surface area contributed by atoms with Gasteiger partial charge in [-0.05, 0) is 12.8 Å². The first-order chi connectivity index (χ1) is 12.9. The molecule has 0 spiro atoms. The van der Waals surface area contributed by atoms with Gasteiger partial charge in [-0.3, -0.25) is 0 Å². The predicted octanol–water partition coefficient (Wildman–Crippen LogP) is 8.21. The summed E-state index contributed by atoms with van der Waals surface area (Å²) in [6, 6.07) is 0. The molecule has 0 bridgehead atoms. The molecular formula is C22H39F3O2. The number of aliphatic carboxylic acids is 1. The Hall–Kier alpha value is -1.00. The number of rotatable bonds is 18. The molecule has 27 heavy (non-hydrogen) atoms. The van der Waals surface area contributed by atoms with Crippen molar-refractivity contribution in [1.29, 1.82) is 0 Å². The largest absolute Gasteiger partial charge is 0.478 e. The summed E-state index contributed by atoms with van der Waals surface area (Å²) >= 11 is 0. The monoisotopic (exact) mass is 392 g/mol. The van der Waals surface area contributed by atoms with Crippen LogP contribution in [0.5, 0.6) is 0 Å². The number of carboxylic acids is 1. The second-order valence-corrected chi connectivity index (χ2v) is 7.51. The molecule has 0 aliphatic rings. The molecule has 5 heteroatoms. The van der Waals surface area contributed by atoms with Crippen molar-refractivity contribution >= 4 is 5.97 Å². The Labute approximate surface area is 163 Å². The van der Waals surface area contributed by atoms with Crippen molar-refractivity contribution in [3.63, 3.8) is 0 Å². The van der Waals surface area contributed by atoms with Crippen LogP contribution in [-0.4, -0.2) is 17.3 Å². The summed E-state index contributed by atoms with van der Waals surface area (Å²) in [4.78, 5) is 10.6. The maximum absolute atomic E-state index is 12.4. The lowest BCUT2D eigenvalue weighted by Crippen LogP contribution is -2.19. The minimum absolute atomic E-state index is 0.180. The Kier molecular flexibility index (Phi) is 16.5. The maximum Gasteiger partial charge on any atom is 0.423 e. The van der Waals surface area contributed by atoms with Crippen LogP contribution in [0.1, 0.15) is 116 Å². The Morgan fingerprint density at radius 3 is 1.33 bits per heavy atom. The van der Waals surface area contributed by atoms with E-state index in [1.54, 1.807) is 0 Å². The van der Waals surface area contributed by atoms with Gasteiger partial charge in [0.2, 0.25) is 0 Å². The van der Waals surface area contributed by atoms with Crippen molar-refractivity contribution in [2.75, 3.05) is 0 Å². The Morgan fingerprint density at radius 2 is 1.04 bits per heavy atom. The third-order valence-corrected chi connectivity index (χ3v) is 4.94. The molecule has 0 unspecified atom stereocenters. The van der Waals surface area contributed by atoms with Crippen molar-refractivity contribution in [3.05, 3.63) is 11.6 Å². The number of halogens is 3. The molecular weight excluding hydrogens is 353 g/mol. The fraction of sp³-hybridized carbons (Fsp3) is 0.864. The highest BCUT2D eigenvalue weighted by Crippen LogP contribution is 2.26. The van der Waals surface area contributed by atoms with Crippen molar-refractivity contribution < 1.29 is 23.1 Å². The molecule has 0 fully saturated rings. The van der Waals surface area contributed by atoms with Crippen molar-refractivity contribution in [3.8, 4) is 0 Å². The van der Waals surface area contributed by atoms with E-state index in [4.69, 9.17) is 5.11 Å². The Morgan fingerprint density at radius 1 is 0.704 bits per heavy atom. The summed E-state index contributed by atoms with van der Waals surface area (Å²) in [5.41, 5.74) is -1.44. The standard InChI is InChI=1S/C22H39F3O2/c1-2-3-4-5-6-7-8-9-10-11-12-13-14-15-16-17-18-19-20(21(26)27)22(23,24)25/h19H,2-18H2,1H3,(H,26,27). The molecule has 0 radical (unpaired) electrons. The number of alkyl halides is 3. The van der Waals surface area contributed by atoms with Gasteiger partial charge in [-0.15, -0.1) is 0 Å². The lowest BCUT2D eigenvalue weighted by Gasteiger charge is -2.07. The van der Waals surface area contributed by atoms with E-state index in [-0.39, 0.29) is 6.42 Å². The minimum atomic E-state index is -4.76. The molecule has 0 amide bonds. The van der Waals surface area contributed by atoms with Crippen LogP contribution < -0.4 is 0 Å². The summed E-state index contributed by atoms with van der Waals surface area (Å²) in [5.74, 6) is -1.89. The van der Waals surface area contributed by atoms with Crippen LogP contribution in [0, 0.1) is 0 Å². The molecule has 0 rings (SSSR count). The highest BCUT2D eigenvalue weighted by atomic mass is 19.4. The van der Waals surface area contributed by atoms with Gasteiger partial charge in [0.1, 0.15) is 5.57 Å². The van der Waals surface area contributed by atoms with Crippen LogP contribution in [0.25, 0.3) is 0 Å². The molecule has 0 saturated heterocycles. The zero-order valence-corrected chi connectivity index (χ0v) is 17.1. The number of hydrogen-bond donors (Lipinski definition) is 1. The first kappa shape index (κ1) is 26.0. The average Bonchev–Trinajstić information content (AvgIpc) is 2.59. The Bertz CT molecular complexity index is 390. The smallest absolute Gasteiger partial charge is 0.423 e. The zero-order valence-electron chi connectivity index (χ0n) is 17.1. The van der Waals surface area contributed by atoms with Gasteiger partial charge in [0.05, 0.1) is 0 Å². The highest BCUT2D eigenvalue weighted by Gasteiger charge is 2.38. The lowest BCUT2D eigenvalue weighted by atomic mass is 10.0. The molecule has 0 aliphatic heterocycles. The summed E-state index contributed by atoms with van der Waals surface area (Å²) in [5, 5.41) is 8.56. The zero-order chi connectivity index (χ0) is 20.4. The molecule has 0 aromatic heterocycles. The van der Waals surface area contributed by atoms with Crippen LogP contribution in [0.3, 0.4) is 0 Å². The van der Waals surface area contributed by atoms with Gasteiger partial charge in [-0.1, -0.05) is 109 Å². The summed E-state index contributed by atoms with van der Waals surface area (Å²) in [6.45, 7) is 2.24. The normalized spacial score (nSPS) is 12.5. The van der Waals surface area contributed by atoms with Crippen LogP contribution in [0.2, 0.25) is 0 Å². The topological polar surface area (TPSA) is 37.3 Å². The van der Waals surface area contributed by atoms with Gasteiger partial charge in [0.15, 0.2) is 0 Å². The van der Waals surface area contributed by atoms with Gasteiger partial charge in [0.25, 0.3) is 0 Å². The number of hydrogen-bond acceptors (Lipinski definition) is 1. The molecule has 2 nitrogen and oxygen atoms in total. The minimum Gasteiger partial charge on any atom is -0.478 e. The second kappa shape index (κ2) is 17.1. The third kappa shape index (κ3) is 16.9. The third-order valence-electron chi connectivity index (χ3n) is 4.94. The number of unbranched alkanes of at least 4 members (excludes halogenated alkanes) is 16. The van der Waals surface area contributed by atoms with E-state index < -0.39 is 17.7 Å². The van der Waals surface area contributed by atoms with Gasteiger partial charge in [-0.2, -0.15) is 13.2 Å². The van der Waals surface area contributed by atoms with Crippen LogP contribution in [0.4, 0.5) is 13.2 Å². The molecule has 1 N–H and O–H groups in total. The van der Waals surface area contributed by atoms with Gasteiger partial charge in [0, 0.05) is 0 Å². The fourth-order valence-corrected chi connectivity index (χ4v) is 3.26. The van der Waals surface area contributed by atoms with Crippen LogP contribution in [0.15, 0.2) is 11.6 Å². The number of carboxylic acid groups (broad SMARTS) is 1. The van der Waals surface area contributed by atoms with Crippen LogP contribution in [-0.2, 0) is 4.79 Å². The van der Waals surface area contributed by atoms with E-state index in [2.05, 4.69) is 6.92 Å². The summed E-state index contributed by atoms with van der Waals surface area (Å²) < 4.78 is 37.3. The SMILES string of the molecule is CCCCCCCCCCCCCCCCCCC=C(C(=O)O)C(F)(F)F. The van der Waals surface area contributed by atoms with Gasteiger partial charge < -0.3 is 5.11 Å². The highest BCUT2D eigenvalue weighted by molar-refractivity contribution is 5.87. The second-order valence-electron chi connectivity index (χ2n) is 7.51. The number of carbonyl (C=O) groups is 1. The van der Waals surface area contributed by atoms with Gasteiger partial charge >= 0.3 is 12.1 Å². The van der Waals surface area contributed by atoms with E-state index >= 15 is 0 Å². The maximum atomic E-state index is 12.4. The molecule has 0 atom stereocenters. The van der Waals surface area contributed by atoms with E-state index in [1.807, 2.05) is 0 Å². The average molecular weight is 393 g/mol.